The lowest BCUT2D eigenvalue weighted by Gasteiger charge is -2.11. The van der Waals surface area contributed by atoms with Gasteiger partial charge >= 0.3 is 0 Å². The van der Waals surface area contributed by atoms with Gasteiger partial charge in [-0.3, -0.25) is 19.0 Å². The van der Waals surface area contributed by atoms with Crippen molar-refractivity contribution in [3.63, 3.8) is 0 Å². The Hall–Kier alpha value is -2.45. The number of thioether (sulfide) groups is 1. The summed E-state index contributed by atoms with van der Waals surface area (Å²) in [5.41, 5.74) is 3.71. The van der Waals surface area contributed by atoms with Crippen LogP contribution in [0.3, 0.4) is 0 Å². The van der Waals surface area contributed by atoms with E-state index >= 15 is 0 Å². The van der Waals surface area contributed by atoms with E-state index in [0.717, 1.165) is 53.6 Å². The predicted octanol–water partition coefficient (Wildman–Crippen LogP) is 3.37. The summed E-state index contributed by atoms with van der Waals surface area (Å²) < 4.78 is 1.58. The van der Waals surface area contributed by atoms with E-state index < -0.39 is 0 Å². The van der Waals surface area contributed by atoms with E-state index in [1.165, 1.54) is 28.6 Å². The number of rotatable bonds is 5. The maximum Gasteiger partial charge on any atom is 0.262 e. The highest BCUT2D eigenvalue weighted by molar-refractivity contribution is 7.99. The Morgan fingerprint density at radius 3 is 2.93 bits per heavy atom. The average Bonchev–Trinajstić information content (AvgIpc) is 3.35. The average molecular weight is 440 g/mol. The number of benzene rings is 1. The second-order valence-electron chi connectivity index (χ2n) is 7.75. The van der Waals surface area contributed by atoms with Crippen LogP contribution in [0.5, 0.6) is 0 Å². The lowest BCUT2D eigenvalue weighted by atomic mass is 9.97. The topological polar surface area (TPSA) is 72.3 Å². The highest BCUT2D eigenvalue weighted by atomic mass is 32.2. The highest BCUT2D eigenvalue weighted by Gasteiger charge is 2.23. The van der Waals surface area contributed by atoms with Crippen molar-refractivity contribution in [1.82, 2.24) is 9.55 Å². The number of aryl methyl sites for hydroxylation is 2. The summed E-state index contributed by atoms with van der Waals surface area (Å²) >= 11 is 2.93. The standard InChI is InChI=1S/C22H21N3O3S2/c1-24-21(28)19-15-4-2-3-5-18(15)30-20(19)23-22(24)29-11-17(27)14-6-7-16-13(10-14)8-9-25(16)12-26/h6-7,10,12H,2-5,8-9,11H2,1H3. The van der Waals surface area contributed by atoms with Gasteiger partial charge in [0.1, 0.15) is 4.83 Å². The second kappa shape index (κ2) is 7.67. The Labute approximate surface area is 181 Å². The molecule has 0 spiro atoms. The van der Waals surface area contributed by atoms with Gasteiger partial charge in [0.2, 0.25) is 6.41 Å². The Morgan fingerprint density at radius 1 is 1.27 bits per heavy atom. The van der Waals surface area contributed by atoms with Gasteiger partial charge in [-0.25, -0.2) is 4.98 Å². The predicted molar refractivity (Wildman–Crippen MR) is 120 cm³/mol. The molecule has 2 aliphatic rings. The zero-order chi connectivity index (χ0) is 20.8. The molecule has 1 aliphatic carbocycles. The van der Waals surface area contributed by atoms with Crippen LogP contribution in [-0.4, -0.2) is 34.0 Å². The third-order valence-electron chi connectivity index (χ3n) is 5.95. The van der Waals surface area contributed by atoms with Crippen molar-refractivity contribution in [2.45, 2.75) is 37.3 Å². The number of fused-ring (bicyclic) bond motifs is 4. The first-order chi connectivity index (χ1) is 14.6. The summed E-state index contributed by atoms with van der Waals surface area (Å²) in [5, 5.41) is 1.35. The van der Waals surface area contributed by atoms with Gasteiger partial charge in [0.15, 0.2) is 10.9 Å². The summed E-state index contributed by atoms with van der Waals surface area (Å²) in [4.78, 5) is 45.3. The Morgan fingerprint density at radius 2 is 2.10 bits per heavy atom. The largest absolute Gasteiger partial charge is 0.314 e. The number of carbonyl (C=O) groups is 2. The van der Waals surface area contributed by atoms with E-state index in [2.05, 4.69) is 0 Å². The molecule has 3 aromatic rings. The van der Waals surface area contributed by atoms with Gasteiger partial charge in [-0.15, -0.1) is 11.3 Å². The van der Waals surface area contributed by atoms with Crippen LogP contribution >= 0.6 is 23.1 Å². The van der Waals surface area contributed by atoms with Crippen molar-refractivity contribution in [1.29, 1.82) is 0 Å². The molecule has 1 amide bonds. The van der Waals surface area contributed by atoms with Gasteiger partial charge in [0.05, 0.1) is 11.1 Å². The molecule has 0 atom stereocenters. The molecule has 5 rings (SSSR count). The third kappa shape index (κ3) is 3.18. The SMILES string of the molecule is Cn1c(SCC(=O)c2ccc3c(c2)CCN3C=O)nc2sc3c(c2c1=O)CCCC3. The minimum absolute atomic E-state index is 0.00725. The number of anilines is 1. The zero-order valence-electron chi connectivity index (χ0n) is 16.6. The van der Waals surface area contributed by atoms with Gasteiger partial charge < -0.3 is 4.90 Å². The number of carbonyl (C=O) groups excluding carboxylic acids is 2. The van der Waals surface area contributed by atoms with Crippen molar-refractivity contribution in [2.24, 2.45) is 7.05 Å². The molecule has 1 aliphatic heterocycles. The summed E-state index contributed by atoms with van der Waals surface area (Å²) in [6, 6.07) is 5.49. The number of aromatic nitrogens is 2. The van der Waals surface area contributed by atoms with Crippen LogP contribution in [0.25, 0.3) is 10.2 Å². The first-order valence-electron chi connectivity index (χ1n) is 10.1. The Balaban J connectivity index is 1.39. The van der Waals surface area contributed by atoms with E-state index in [-0.39, 0.29) is 17.1 Å². The van der Waals surface area contributed by atoms with Crippen molar-refractivity contribution < 1.29 is 9.59 Å². The first-order valence-corrected chi connectivity index (χ1v) is 11.9. The lowest BCUT2D eigenvalue weighted by molar-refractivity contribution is -0.107. The molecule has 0 saturated heterocycles. The minimum atomic E-state index is -0.0131. The summed E-state index contributed by atoms with van der Waals surface area (Å²) in [5.74, 6) is 0.208. The van der Waals surface area contributed by atoms with Crippen LogP contribution in [0.15, 0.2) is 28.2 Å². The van der Waals surface area contributed by atoms with Crippen molar-refractivity contribution in [2.75, 3.05) is 17.2 Å². The third-order valence-corrected chi connectivity index (χ3v) is 8.16. The van der Waals surface area contributed by atoms with E-state index in [1.54, 1.807) is 33.9 Å². The first kappa shape index (κ1) is 19.5. The smallest absolute Gasteiger partial charge is 0.262 e. The molecule has 30 heavy (non-hydrogen) atoms. The molecule has 0 N–H and O–H groups in total. The lowest BCUT2D eigenvalue weighted by Crippen LogP contribution is -2.21. The molecular weight excluding hydrogens is 418 g/mol. The van der Waals surface area contributed by atoms with Crippen LogP contribution in [0.1, 0.15) is 39.2 Å². The molecule has 6 nitrogen and oxygen atoms in total. The summed E-state index contributed by atoms with van der Waals surface area (Å²) in [7, 11) is 1.73. The molecule has 0 bridgehead atoms. The van der Waals surface area contributed by atoms with Crippen molar-refractivity contribution in [3.05, 3.63) is 50.1 Å². The monoisotopic (exact) mass is 439 g/mol. The number of nitrogens with zero attached hydrogens (tertiary/aromatic N) is 3. The highest BCUT2D eigenvalue weighted by Crippen LogP contribution is 2.34. The molecule has 0 fully saturated rings. The quantitative estimate of drug-likeness (QED) is 0.264. The molecular formula is C22H21N3O3S2. The van der Waals surface area contributed by atoms with Gasteiger partial charge in [-0.2, -0.15) is 0 Å². The summed E-state index contributed by atoms with van der Waals surface area (Å²) in [6.45, 7) is 0.655. The second-order valence-corrected chi connectivity index (χ2v) is 9.78. The van der Waals surface area contributed by atoms with E-state index in [4.69, 9.17) is 4.98 Å². The van der Waals surface area contributed by atoms with Gasteiger partial charge in [0.25, 0.3) is 5.56 Å². The minimum Gasteiger partial charge on any atom is -0.314 e. The van der Waals surface area contributed by atoms with Crippen molar-refractivity contribution in [3.8, 4) is 0 Å². The molecule has 0 saturated carbocycles. The molecule has 1 aromatic carbocycles. The molecule has 0 radical (unpaired) electrons. The fourth-order valence-electron chi connectivity index (χ4n) is 4.32. The number of hydrogen-bond donors (Lipinski definition) is 0. The Kier molecular flexibility index (Phi) is 4.99. The number of Topliss-reactive ketones (excluding diaryl/α,β-unsaturated/α-hetero) is 1. The number of amides is 1. The number of hydrogen-bond acceptors (Lipinski definition) is 6. The molecule has 0 unspecified atom stereocenters. The van der Waals surface area contributed by atoms with Crippen molar-refractivity contribution >= 4 is 51.2 Å². The van der Waals surface area contributed by atoms with Gasteiger partial charge in [-0.1, -0.05) is 11.8 Å². The van der Waals surface area contributed by atoms with Crippen LogP contribution in [0.4, 0.5) is 5.69 Å². The van der Waals surface area contributed by atoms with Gasteiger partial charge in [0, 0.05) is 29.7 Å². The molecule has 8 heteroatoms. The maximum absolute atomic E-state index is 13.0. The molecule has 2 aromatic heterocycles. The zero-order valence-corrected chi connectivity index (χ0v) is 18.3. The van der Waals surface area contributed by atoms with Crippen LogP contribution in [-0.2, 0) is 31.1 Å². The Bertz CT molecular complexity index is 1240. The fraction of sp³-hybridized carbons (Fsp3) is 0.364. The van der Waals surface area contributed by atoms with E-state index in [0.29, 0.717) is 17.3 Å². The van der Waals surface area contributed by atoms with E-state index in [9.17, 15) is 14.4 Å². The number of thiophene rings is 1. The summed E-state index contributed by atoms with van der Waals surface area (Å²) in [6.07, 6.45) is 5.86. The van der Waals surface area contributed by atoms with Gasteiger partial charge in [-0.05, 0) is 61.4 Å². The van der Waals surface area contributed by atoms with Crippen LogP contribution < -0.4 is 10.5 Å². The molecule has 154 valence electrons. The van der Waals surface area contributed by atoms with Crippen LogP contribution in [0.2, 0.25) is 0 Å². The molecule has 3 heterocycles. The maximum atomic E-state index is 13.0. The van der Waals surface area contributed by atoms with Crippen LogP contribution in [0, 0.1) is 0 Å². The number of ketones is 1. The normalized spacial score (nSPS) is 15.3. The fourth-order valence-corrected chi connectivity index (χ4v) is 6.49. The van der Waals surface area contributed by atoms with E-state index in [1.807, 2.05) is 12.1 Å².